The van der Waals surface area contributed by atoms with E-state index in [9.17, 15) is 10.0 Å². The molecule has 0 radical (unpaired) electrons. The van der Waals surface area contributed by atoms with E-state index in [2.05, 4.69) is 17.1 Å². The van der Waals surface area contributed by atoms with Crippen molar-refractivity contribution in [2.24, 2.45) is 0 Å². The van der Waals surface area contributed by atoms with Gasteiger partial charge in [-0.05, 0) is 48.7 Å². The maximum atomic E-state index is 12.9. The van der Waals surface area contributed by atoms with Gasteiger partial charge in [-0.2, -0.15) is 0 Å². The molecule has 3 atom stereocenters. The summed E-state index contributed by atoms with van der Waals surface area (Å²) in [5.74, 6) is 0.493. The number of fused-ring (bicyclic) bond motifs is 3. The lowest BCUT2D eigenvalue weighted by atomic mass is 9.81. The van der Waals surface area contributed by atoms with Gasteiger partial charge in [-0.15, -0.1) is 0 Å². The minimum absolute atomic E-state index is 0.150. The van der Waals surface area contributed by atoms with Gasteiger partial charge in [0, 0.05) is 24.8 Å². The van der Waals surface area contributed by atoms with Crippen LogP contribution in [0.1, 0.15) is 31.4 Å². The topological polar surface area (TPSA) is 64.6 Å². The smallest absolute Gasteiger partial charge is 0.417 e. The van der Waals surface area contributed by atoms with Crippen LogP contribution in [-0.2, 0) is 11.8 Å². The summed E-state index contributed by atoms with van der Waals surface area (Å²) in [6.07, 6.45) is 0.982. The number of carbonyl (C=O) groups excluding carboxylic acids is 1. The van der Waals surface area contributed by atoms with Crippen LogP contribution in [0, 0.1) is 5.21 Å². The molecule has 148 valence electrons. The third-order valence-corrected chi connectivity index (χ3v) is 6.34. The quantitative estimate of drug-likeness (QED) is 0.638. The van der Waals surface area contributed by atoms with Gasteiger partial charge in [0.2, 0.25) is 0 Å². The number of hydrogen-bond acceptors (Lipinski definition) is 4. The van der Waals surface area contributed by atoms with Gasteiger partial charge < -0.3 is 19.5 Å². The number of carbonyl (C=O) groups is 1. The van der Waals surface area contributed by atoms with E-state index in [-0.39, 0.29) is 16.2 Å². The van der Waals surface area contributed by atoms with Crippen LogP contribution >= 0.6 is 0 Å². The SMILES string of the molecule is CCc1ccccc1NC(=O)Oc1ccc2c(c1)[C@]1(C)CC[N@+](C)([O-])[C@@H]1N2C. The molecule has 6 nitrogen and oxygen atoms in total. The molecule has 0 bridgehead atoms. The Morgan fingerprint density at radius 3 is 2.86 bits per heavy atom. The number of para-hydroxylation sites is 1. The minimum Gasteiger partial charge on any atom is -0.631 e. The first-order valence-corrected chi connectivity index (χ1v) is 9.76. The Kier molecular flexibility index (Phi) is 4.36. The first kappa shape index (κ1) is 18.8. The molecular formula is C22H27N3O3. The zero-order chi connectivity index (χ0) is 20.1. The second-order valence-corrected chi connectivity index (χ2v) is 8.25. The highest BCUT2D eigenvalue weighted by molar-refractivity contribution is 5.87. The molecule has 2 aromatic rings. The van der Waals surface area contributed by atoms with Gasteiger partial charge in [-0.25, -0.2) is 4.79 Å². The van der Waals surface area contributed by atoms with Gasteiger partial charge in [0.25, 0.3) is 0 Å². The monoisotopic (exact) mass is 381 g/mol. The number of hydroxylamine groups is 3. The van der Waals surface area contributed by atoms with Crippen LogP contribution in [0.3, 0.4) is 0 Å². The molecule has 0 unspecified atom stereocenters. The summed E-state index contributed by atoms with van der Waals surface area (Å²) >= 11 is 0. The molecule has 0 spiro atoms. The van der Waals surface area contributed by atoms with Crippen molar-refractivity contribution in [1.29, 1.82) is 0 Å². The highest BCUT2D eigenvalue weighted by Gasteiger charge is 2.58. The Morgan fingerprint density at radius 2 is 2.11 bits per heavy atom. The van der Waals surface area contributed by atoms with E-state index in [0.717, 1.165) is 35.3 Å². The number of ether oxygens (including phenoxy) is 1. The molecule has 2 aliphatic heterocycles. The summed E-state index contributed by atoms with van der Waals surface area (Å²) in [4.78, 5) is 14.5. The highest BCUT2D eigenvalue weighted by atomic mass is 16.6. The third kappa shape index (κ3) is 2.84. The number of aryl methyl sites for hydroxylation is 1. The molecule has 2 aromatic carbocycles. The molecular weight excluding hydrogens is 354 g/mol. The van der Waals surface area contributed by atoms with Gasteiger partial charge in [0.05, 0.1) is 19.0 Å². The van der Waals surface area contributed by atoms with E-state index in [1.54, 1.807) is 13.1 Å². The normalized spacial score (nSPS) is 28.0. The van der Waals surface area contributed by atoms with Gasteiger partial charge >= 0.3 is 6.09 Å². The predicted molar refractivity (Wildman–Crippen MR) is 110 cm³/mol. The van der Waals surface area contributed by atoms with Crippen molar-refractivity contribution < 1.29 is 14.2 Å². The second kappa shape index (κ2) is 6.50. The third-order valence-electron chi connectivity index (χ3n) is 6.34. The standard InChI is InChI=1S/C22H27N3O3/c1-5-15-8-6-7-9-18(15)23-21(26)28-16-10-11-19-17(14-16)22(2)12-13-25(4,27)20(22)24(19)3/h6-11,14,20H,5,12-13H2,1-4H3,(H,23,26)/t20-,22-,25-/m0/s1. The number of likely N-dealkylation sites (tertiary alicyclic amines) is 1. The van der Waals surface area contributed by atoms with E-state index in [0.29, 0.717) is 12.3 Å². The van der Waals surface area contributed by atoms with Crippen molar-refractivity contribution in [2.45, 2.75) is 38.3 Å². The zero-order valence-electron chi connectivity index (χ0n) is 16.9. The summed E-state index contributed by atoms with van der Waals surface area (Å²) in [6.45, 7) is 4.77. The van der Waals surface area contributed by atoms with Crippen LogP contribution in [0.15, 0.2) is 42.5 Å². The first-order valence-electron chi connectivity index (χ1n) is 9.76. The van der Waals surface area contributed by atoms with Crippen LogP contribution in [0.5, 0.6) is 5.75 Å². The number of nitrogens with zero attached hydrogens (tertiary/aromatic N) is 2. The number of anilines is 2. The fraction of sp³-hybridized carbons (Fsp3) is 0.409. The van der Waals surface area contributed by atoms with Crippen LogP contribution < -0.4 is 15.0 Å². The molecule has 1 N–H and O–H groups in total. The fourth-order valence-corrected chi connectivity index (χ4v) is 5.04. The summed E-state index contributed by atoms with van der Waals surface area (Å²) in [5.41, 5.74) is 3.70. The summed E-state index contributed by atoms with van der Waals surface area (Å²) in [7, 11) is 3.72. The van der Waals surface area contributed by atoms with E-state index < -0.39 is 6.09 Å². The van der Waals surface area contributed by atoms with E-state index in [4.69, 9.17) is 4.74 Å². The minimum atomic E-state index is -0.509. The number of amides is 1. The maximum Gasteiger partial charge on any atom is 0.417 e. The maximum absolute atomic E-state index is 12.9. The molecule has 0 aromatic heterocycles. The Labute approximate surface area is 165 Å². The van der Waals surface area contributed by atoms with Crippen molar-refractivity contribution in [1.82, 2.24) is 0 Å². The lowest BCUT2D eigenvalue weighted by Gasteiger charge is -2.44. The number of rotatable bonds is 3. The van der Waals surface area contributed by atoms with Gasteiger partial charge in [0.15, 0.2) is 6.17 Å². The summed E-state index contributed by atoms with van der Waals surface area (Å²) in [5, 5.41) is 15.8. The van der Waals surface area contributed by atoms with Crippen LogP contribution in [0.25, 0.3) is 0 Å². The molecule has 2 heterocycles. The van der Waals surface area contributed by atoms with E-state index in [1.807, 2.05) is 50.4 Å². The fourth-order valence-electron chi connectivity index (χ4n) is 5.04. The number of quaternary nitrogens is 1. The van der Waals surface area contributed by atoms with Crippen molar-refractivity contribution in [2.75, 3.05) is 30.9 Å². The van der Waals surface area contributed by atoms with Gasteiger partial charge in [-0.1, -0.05) is 25.1 Å². The Balaban J connectivity index is 1.57. The molecule has 1 saturated heterocycles. The largest absolute Gasteiger partial charge is 0.631 e. The molecule has 6 heteroatoms. The number of hydrogen-bond donors (Lipinski definition) is 1. The van der Waals surface area contributed by atoms with Crippen molar-refractivity contribution in [3.05, 3.63) is 58.8 Å². The van der Waals surface area contributed by atoms with Crippen molar-refractivity contribution >= 4 is 17.5 Å². The van der Waals surface area contributed by atoms with Crippen LogP contribution in [0.2, 0.25) is 0 Å². The molecule has 0 saturated carbocycles. The van der Waals surface area contributed by atoms with E-state index in [1.165, 1.54) is 0 Å². The molecule has 1 amide bonds. The Hall–Kier alpha value is -2.57. The van der Waals surface area contributed by atoms with Gasteiger partial charge in [0.1, 0.15) is 5.75 Å². The number of likely N-dealkylation sites (N-methyl/N-ethyl adjacent to an activating group) is 2. The lowest BCUT2D eigenvalue weighted by Crippen LogP contribution is -2.54. The van der Waals surface area contributed by atoms with Crippen molar-refractivity contribution in [3.8, 4) is 5.75 Å². The molecule has 2 aliphatic rings. The lowest BCUT2D eigenvalue weighted by molar-refractivity contribution is -0.874. The first-order chi connectivity index (χ1) is 13.3. The van der Waals surface area contributed by atoms with Crippen LogP contribution in [-0.4, -0.2) is 37.5 Å². The summed E-state index contributed by atoms with van der Waals surface area (Å²) < 4.78 is 5.30. The molecule has 0 aliphatic carbocycles. The molecule has 4 rings (SSSR count). The number of nitrogens with one attached hydrogen (secondary N) is 1. The molecule has 28 heavy (non-hydrogen) atoms. The summed E-state index contributed by atoms with van der Waals surface area (Å²) in [6, 6.07) is 13.4. The van der Waals surface area contributed by atoms with E-state index >= 15 is 0 Å². The Bertz CT molecular complexity index is 927. The highest BCUT2D eigenvalue weighted by Crippen LogP contribution is 2.54. The predicted octanol–water partition coefficient (Wildman–Crippen LogP) is 4.24. The Morgan fingerprint density at radius 1 is 1.36 bits per heavy atom. The average molecular weight is 381 g/mol. The second-order valence-electron chi connectivity index (χ2n) is 8.25. The zero-order valence-corrected chi connectivity index (χ0v) is 16.9. The van der Waals surface area contributed by atoms with Crippen molar-refractivity contribution in [3.63, 3.8) is 0 Å². The van der Waals surface area contributed by atoms with Crippen LogP contribution in [0.4, 0.5) is 16.2 Å². The number of benzene rings is 2. The average Bonchev–Trinajstić information content (AvgIpc) is 3.04. The molecule has 1 fully saturated rings. The van der Waals surface area contributed by atoms with Gasteiger partial charge in [-0.3, -0.25) is 5.32 Å².